The molecular formula is C16H16ClNO3. The number of halogens is 1. The van der Waals surface area contributed by atoms with Crippen LogP contribution in [0.5, 0.6) is 11.6 Å². The van der Waals surface area contributed by atoms with E-state index < -0.39 is 5.97 Å². The second-order valence-electron chi connectivity index (χ2n) is 5.06. The maximum absolute atomic E-state index is 11.4. The highest BCUT2D eigenvalue weighted by Gasteiger charge is 2.20. The molecule has 0 aliphatic rings. The average molecular weight is 306 g/mol. The summed E-state index contributed by atoms with van der Waals surface area (Å²) < 4.78 is 5.77. The lowest BCUT2D eigenvalue weighted by Gasteiger charge is -2.14. The Labute approximate surface area is 128 Å². The normalized spacial score (nSPS) is 10.5. The molecule has 2 rings (SSSR count). The first-order valence-electron chi connectivity index (χ1n) is 6.45. The molecule has 0 fully saturated rings. The molecule has 110 valence electrons. The maximum atomic E-state index is 11.4. The second kappa shape index (κ2) is 5.74. The summed E-state index contributed by atoms with van der Waals surface area (Å²) in [5.74, 6) is -0.537. The van der Waals surface area contributed by atoms with Crippen LogP contribution in [-0.2, 0) is 0 Å². The molecule has 0 spiro atoms. The minimum atomic E-state index is -1.16. The number of hydrogen-bond donors (Lipinski definition) is 1. The molecule has 0 atom stereocenters. The fourth-order valence-electron chi connectivity index (χ4n) is 2.30. The van der Waals surface area contributed by atoms with Gasteiger partial charge in [0.2, 0.25) is 5.88 Å². The van der Waals surface area contributed by atoms with E-state index in [1.54, 1.807) is 6.92 Å². The van der Waals surface area contributed by atoms with Gasteiger partial charge in [0.25, 0.3) is 0 Å². The van der Waals surface area contributed by atoms with Gasteiger partial charge in [-0.15, -0.1) is 0 Å². The van der Waals surface area contributed by atoms with Crippen LogP contribution < -0.4 is 4.74 Å². The number of aromatic carboxylic acids is 1. The molecule has 0 bridgehead atoms. The fourth-order valence-corrected chi connectivity index (χ4v) is 2.62. The molecule has 1 aromatic carbocycles. The number of aromatic nitrogens is 1. The van der Waals surface area contributed by atoms with Gasteiger partial charge in [0.15, 0.2) is 0 Å². The van der Waals surface area contributed by atoms with Gasteiger partial charge in [0.05, 0.1) is 5.02 Å². The Morgan fingerprint density at radius 1 is 1.14 bits per heavy atom. The molecule has 0 unspecified atom stereocenters. The fraction of sp³-hybridized carbons (Fsp3) is 0.250. The van der Waals surface area contributed by atoms with E-state index in [9.17, 15) is 9.90 Å². The Hall–Kier alpha value is -2.07. The molecule has 0 amide bonds. The molecule has 1 heterocycles. The van der Waals surface area contributed by atoms with Gasteiger partial charge < -0.3 is 9.84 Å². The predicted octanol–water partition coefficient (Wildman–Crippen LogP) is 4.46. The van der Waals surface area contributed by atoms with Crippen molar-refractivity contribution in [1.29, 1.82) is 0 Å². The van der Waals surface area contributed by atoms with Crippen LogP contribution >= 0.6 is 11.6 Å². The second-order valence-corrected chi connectivity index (χ2v) is 5.47. The molecule has 1 N–H and O–H groups in total. The Bertz CT molecular complexity index is 703. The van der Waals surface area contributed by atoms with Crippen molar-refractivity contribution in [2.75, 3.05) is 0 Å². The Morgan fingerprint density at radius 2 is 1.71 bits per heavy atom. The monoisotopic (exact) mass is 305 g/mol. The summed E-state index contributed by atoms with van der Waals surface area (Å²) in [5, 5.41) is 9.41. The molecule has 0 aliphatic carbocycles. The Balaban J connectivity index is 2.57. The first-order chi connectivity index (χ1) is 9.79. The number of ether oxygens (including phenoxy) is 1. The molecule has 0 radical (unpaired) electrons. The van der Waals surface area contributed by atoms with Crippen LogP contribution in [0.2, 0.25) is 5.02 Å². The first kappa shape index (κ1) is 15.3. The SMILES string of the molecule is Cc1cc(C)c(Oc2nc(C)cc(Cl)c2C(=O)O)c(C)c1. The van der Waals surface area contributed by atoms with E-state index in [1.165, 1.54) is 6.07 Å². The van der Waals surface area contributed by atoms with Gasteiger partial charge in [-0.2, -0.15) is 0 Å². The van der Waals surface area contributed by atoms with Crippen LogP contribution in [0.15, 0.2) is 18.2 Å². The lowest BCUT2D eigenvalue weighted by Crippen LogP contribution is -2.05. The van der Waals surface area contributed by atoms with Crippen LogP contribution in [0, 0.1) is 27.7 Å². The predicted molar refractivity (Wildman–Crippen MR) is 81.7 cm³/mol. The minimum absolute atomic E-state index is 0.0163. The highest BCUT2D eigenvalue weighted by atomic mass is 35.5. The van der Waals surface area contributed by atoms with Crippen molar-refractivity contribution in [1.82, 2.24) is 4.98 Å². The number of rotatable bonds is 3. The molecule has 1 aromatic heterocycles. The van der Waals surface area contributed by atoms with Gasteiger partial charge in [-0.1, -0.05) is 29.3 Å². The van der Waals surface area contributed by atoms with Crippen LogP contribution in [0.1, 0.15) is 32.7 Å². The third-order valence-electron chi connectivity index (χ3n) is 3.08. The van der Waals surface area contributed by atoms with Crippen LogP contribution in [-0.4, -0.2) is 16.1 Å². The van der Waals surface area contributed by atoms with Crippen molar-refractivity contribution in [3.8, 4) is 11.6 Å². The number of carboxylic acid groups (broad SMARTS) is 1. The molecule has 5 heteroatoms. The molecular weight excluding hydrogens is 290 g/mol. The quantitative estimate of drug-likeness (QED) is 0.909. The topological polar surface area (TPSA) is 59.4 Å². The van der Waals surface area contributed by atoms with E-state index in [0.29, 0.717) is 11.4 Å². The zero-order chi connectivity index (χ0) is 15.7. The van der Waals surface area contributed by atoms with Gasteiger partial charge in [-0.25, -0.2) is 9.78 Å². The lowest BCUT2D eigenvalue weighted by atomic mass is 10.1. The summed E-state index contributed by atoms with van der Waals surface area (Å²) >= 11 is 6.00. The summed E-state index contributed by atoms with van der Waals surface area (Å²) in [6.07, 6.45) is 0. The van der Waals surface area contributed by atoms with Gasteiger partial charge in [-0.05, 0) is 44.9 Å². The highest BCUT2D eigenvalue weighted by Crippen LogP contribution is 2.33. The van der Waals surface area contributed by atoms with E-state index in [4.69, 9.17) is 16.3 Å². The van der Waals surface area contributed by atoms with Gasteiger partial charge in [-0.3, -0.25) is 0 Å². The van der Waals surface area contributed by atoms with Gasteiger partial charge in [0, 0.05) is 5.69 Å². The standard InChI is InChI=1S/C16H16ClNO3/c1-8-5-9(2)14(10(3)6-8)21-15-13(16(19)20)12(17)7-11(4)18-15/h5-7H,1-4H3,(H,19,20). The number of pyridine rings is 1. The van der Waals surface area contributed by atoms with Crippen LogP contribution in [0.4, 0.5) is 0 Å². The minimum Gasteiger partial charge on any atom is -0.477 e. The number of hydrogen-bond acceptors (Lipinski definition) is 3. The highest BCUT2D eigenvalue weighted by molar-refractivity contribution is 6.33. The summed E-state index contributed by atoms with van der Waals surface area (Å²) in [6.45, 7) is 7.55. The Morgan fingerprint density at radius 3 is 2.24 bits per heavy atom. The smallest absolute Gasteiger partial charge is 0.342 e. The molecule has 0 saturated heterocycles. The van der Waals surface area contributed by atoms with E-state index in [0.717, 1.165) is 16.7 Å². The summed E-state index contributed by atoms with van der Waals surface area (Å²) in [4.78, 5) is 15.5. The zero-order valence-electron chi connectivity index (χ0n) is 12.3. The first-order valence-corrected chi connectivity index (χ1v) is 6.83. The van der Waals surface area contributed by atoms with Crippen molar-refractivity contribution >= 4 is 17.6 Å². The molecule has 0 saturated carbocycles. The molecule has 4 nitrogen and oxygen atoms in total. The third kappa shape index (κ3) is 3.16. The third-order valence-corrected chi connectivity index (χ3v) is 3.38. The summed E-state index contributed by atoms with van der Waals surface area (Å²) in [5.41, 5.74) is 3.43. The number of carbonyl (C=O) groups is 1. The largest absolute Gasteiger partial charge is 0.477 e. The average Bonchev–Trinajstić information content (AvgIpc) is 2.32. The molecule has 0 aliphatic heterocycles. The number of nitrogens with zero attached hydrogens (tertiary/aromatic N) is 1. The van der Waals surface area contributed by atoms with E-state index in [-0.39, 0.29) is 16.5 Å². The number of aryl methyl sites for hydroxylation is 4. The van der Waals surface area contributed by atoms with Crippen molar-refractivity contribution in [3.63, 3.8) is 0 Å². The van der Waals surface area contributed by atoms with Gasteiger partial charge in [0.1, 0.15) is 11.3 Å². The van der Waals surface area contributed by atoms with Crippen molar-refractivity contribution < 1.29 is 14.6 Å². The van der Waals surface area contributed by atoms with Gasteiger partial charge >= 0.3 is 5.97 Å². The number of carboxylic acids is 1. The van der Waals surface area contributed by atoms with Crippen LogP contribution in [0.25, 0.3) is 0 Å². The summed E-state index contributed by atoms with van der Waals surface area (Å²) in [6, 6.07) is 5.45. The molecule has 2 aromatic rings. The number of benzene rings is 1. The van der Waals surface area contributed by atoms with Crippen molar-refractivity contribution in [2.24, 2.45) is 0 Å². The van der Waals surface area contributed by atoms with E-state index >= 15 is 0 Å². The van der Waals surface area contributed by atoms with Crippen molar-refractivity contribution in [2.45, 2.75) is 27.7 Å². The van der Waals surface area contributed by atoms with Crippen molar-refractivity contribution in [3.05, 3.63) is 51.2 Å². The lowest BCUT2D eigenvalue weighted by molar-refractivity contribution is 0.0693. The maximum Gasteiger partial charge on any atom is 0.342 e. The zero-order valence-corrected chi connectivity index (χ0v) is 13.1. The molecule has 21 heavy (non-hydrogen) atoms. The summed E-state index contributed by atoms with van der Waals surface area (Å²) in [7, 11) is 0. The van der Waals surface area contributed by atoms with Crippen LogP contribution in [0.3, 0.4) is 0 Å². The van der Waals surface area contributed by atoms with E-state index in [1.807, 2.05) is 32.9 Å². The van der Waals surface area contributed by atoms with E-state index in [2.05, 4.69) is 4.98 Å². The Kier molecular flexibility index (Phi) is 4.19.